The summed E-state index contributed by atoms with van der Waals surface area (Å²) >= 11 is 0. The minimum absolute atomic E-state index is 0.0381. The lowest BCUT2D eigenvalue weighted by atomic mass is 10.0. The van der Waals surface area contributed by atoms with Crippen molar-refractivity contribution in [2.75, 3.05) is 16.6 Å². The Morgan fingerprint density at radius 2 is 1.53 bits per heavy atom. The molecule has 1 atom stereocenters. The number of aromatic nitrogens is 2. The van der Waals surface area contributed by atoms with Gasteiger partial charge in [0.25, 0.3) is 10.0 Å². The first kappa shape index (κ1) is 23.8. The van der Waals surface area contributed by atoms with Crippen molar-refractivity contribution >= 4 is 37.6 Å². The van der Waals surface area contributed by atoms with E-state index in [1.165, 1.54) is 53.1 Å². The Labute approximate surface area is 198 Å². The third-order valence-corrected chi connectivity index (χ3v) is 8.60. The van der Waals surface area contributed by atoms with Crippen LogP contribution in [0.3, 0.4) is 0 Å². The predicted molar refractivity (Wildman–Crippen MR) is 126 cm³/mol. The number of nitrogens with zero attached hydrogens (tertiary/aromatic N) is 3. The van der Waals surface area contributed by atoms with Gasteiger partial charge in [0.05, 0.1) is 9.79 Å². The molecule has 10 nitrogen and oxygen atoms in total. The van der Waals surface area contributed by atoms with Crippen molar-refractivity contribution < 1.29 is 21.6 Å². The van der Waals surface area contributed by atoms with Crippen molar-refractivity contribution in [2.45, 2.75) is 35.1 Å². The van der Waals surface area contributed by atoms with Crippen molar-refractivity contribution in [3.05, 3.63) is 73.1 Å². The molecule has 34 heavy (non-hydrogen) atoms. The first-order chi connectivity index (χ1) is 16.3. The summed E-state index contributed by atoms with van der Waals surface area (Å²) in [5, 5.41) is 2.71. The van der Waals surface area contributed by atoms with Crippen LogP contribution in [0.5, 0.6) is 0 Å². The minimum Gasteiger partial charge on any atom is -0.325 e. The van der Waals surface area contributed by atoms with Crippen molar-refractivity contribution in [2.24, 2.45) is 0 Å². The third kappa shape index (κ3) is 5.24. The van der Waals surface area contributed by atoms with Gasteiger partial charge in [0, 0.05) is 24.6 Å². The lowest BCUT2D eigenvalue weighted by molar-refractivity contribution is -0.120. The lowest BCUT2D eigenvalue weighted by Gasteiger charge is -2.33. The van der Waals surface area contributed by atoms with Crippen LogP contribution in [0.25, 0.3) is 0 Å². The molecule has 3 aromatic rings. The zero-order valence-electron chi connectivity index (χ0n) is 18.0. The number of piperidine rings is 1. The number of carbonyl (C=O) groups excluding carboxylic acids is 1. The summed E-state index contributed by atoms with van der Waals surface area (Å²) in [4.78, 5) is 20.8. The van der Waals surface area contributed by atoms with Gasteiger partial charge in [-0.15, -0.1) is 0 Å². The SMILES string of the molecule is O=C(Nc1ccc(S(=O)(=O)Nc2ncccn2)cc1)C1CCCCN1S(=O)(=O)c1ccccc1. The van der Waals surface area contributed by atoms with Gasteiger partial charge in [0.1, 0.15) is 6.04 Å². The van der Waals surface area contributed by atoms with Gasteiger partial charge in [-0.3, -0.25) is 4.79 Å². The Balaban J connectivity index is 1.48. The minimum atomic E-state index is -3.91. The Bertz CT molecular complexity index is 1350. The highest BCUT2D eigenvalue weighted by Gasteiger charge is 2.37. The van der Waals surface area contributed by atoms with E-state index in [-0.39, 0.29) is 22.3 Å². The molecule has 0 bridgehead atoms. The highest BCUT2D eigenvalue weighted by molar-refractivity contribution is 7.92. The van der Waals surface area contributed by atoms with E-state index < -0.39 is 32.0 Å². The van der Waals surface area contributed by atoms with Gasteiger partial charge >= 0.3 is 0 Å². The monoisotopic (exact) mass is 501 g/mol. The molecule has 2 N–H and O–H groups in total. The fraction of sp³-hybridized carbons (Fsp3) is 0.227. The van der Waals surface area contributed by atoms with Crippen LogP contribution in [0.4, 0.5) is 11.6 Å². The molecule has 0 radical (unpaired) electrons. The molecular formula is C22H23N5O5S2. The number of hydrogen-bond donors (Lipinski definition) is 2. The second kappa shape index (κ2) is 9.87. The largest absolute Gasteiger partial charge is 0.325 e. The number of anilines is 2. The summed E-state index contributed by atoms with van der Waals surface area (Å²) in [6.45, 7) is 0.250. The van der Waals surface area contributed by atoms with Crippen LogP contribution in [0.1, 0.15) is 19.3 Å². The average Bonchev–Trinajstić information content (AvgIpc) is 2.85. The molecule has 1 amide bonds. The normalized spacial score (nSPS) is 17.1. The molecule has 2 heterocycles. The number of sulfonamides is 2. The van der Waals surface area contributed by atoms with Gasteiger partial charge in [-0.1, -0.05) is 24.6 Å². The first-order valence-electron chi connectivity index (χ1n) is 10.5. The smallest absolute Gasteiger partial charge is 0.264 e. The summed E-state index contributed by atoms with van der Waals surface area (Å²) in [5.74, 6) is -0.525. The summed E-state index contributed by atoms with van der Waals surface area (Å²) in [6, 6.07) is 14.3. The number of hydrogen-bond acceptors (Lipinski definition) is 7. The first-order valence-corrected chi connectivity index (χ1v) is 13.5. The number of amides is 1. The Kier molecular flexibility index (Phi) is 6.91. The molecule has 1 fully saturated rings. The molecular weight excluding hydrogens is 478 g/mol. The standard InChI is InChI=1S/C22H23N5O5S2/c28-21(20-9-4-5-16-27(20)34(31,32)19-7-2-1-3-8-19)25-17-10-12-18(13-11-17)33(29,30)26-22-23-14-6-15-24-22/h1-3,6-8,10-15,20H,4-5,9,16H2,(H,25,28)(H,23,24,26). The molecule has 2 aromatic carbocycles. The van der Waals surface area contributed by atoms with Crippen LogP contribution in [-0.4, -0.2) is 49.6 Å². The number of benzene rings is 2. The molecule has 1 aliphatic rings. The maximum atomic E-state index is 13.1. The summed E-state index contributed by atoms with van der Waals surface area (Å²) < 4.78 is 54.8. The molecule has 1 aliphatic heterocycles. The summed E-state index contributed by atoms with van der Waals surface area (Å²) in [5.41, 5.74) is 0.350. The second-order valence-corrected chi connectivity index (χ2v) is 11.2. The Morgan fingerprint density at radius 1 is 0.853 bits per heavy atom. The summed E-state index contributed by atoms with van der Waals surface area (Å²) in [7, 11) is -7.74. The van der Waals surface area contributed by atoms with Crippen LogP contribution in [0.2, 0.25) is 0 Å². The van der Waals surface area contributed by atoms with Gasteiger partial charge in [0.2, 0.25) is 21.9 Å². The van der Waals surface area contributed by atoms with E-state index in [1.54, 1.807) is 24.3 Å². The van der Waals surface area contributed by atoms with E-state index in [9.17, 15) is 21.6 Å². The highest BCUT2D eigenvalue weighted by atomic mass is 32.2. The van der Waals surface area contributed by atoms with Crippen molar-refractivity contribution in [3.63, 3.8) is 0 Å². The Morgan fingerprint density at radius 3 is 2.21 bits per heavy atom. The van der Waals surface area contributed by atoms with Gasteiger partial charge in [-0.05, 0) is 55.3 Å². The van der Waals surface area contributed by atoms with E-state index in [1.807, 2.05) is 0 Å². The molecule has 0 aliphatic carbocycles. The average molecular weight is 502 g/mol. The number of nitrogens with one attached hydrogen (secondary N) is 2. The van der Waals surface area contributed by atoms with Gasteiger partial charge in [-0.25, -0.2) is 31.5 Å². The zero-order valence-corrected chi connectivity index (χ0v) is 19.7. The third-order valence-electron chi connectivity index (χ3n) is 5.33. The van der Waals surface area contributed by atoms with Crippen LogP contribution >= 0.6 is 0 Å². The number of rotatable bonds is 7. The fourth-order valence-electron chi connectivity index (χ4n) is 3.66. The molecule has 4 rings (SSSR count). The maximum absolute atomic E-state index is 13.1. The van der Waals surface area contributed by atoms with E-state index in [2.05, 4.69) is 20.0 Å². The van der Waals surface area contributed by atoms with Crippen LogP contribution in [-0.2, 0) is 24.8 Å². The topological polar surface area (TPSA) is 138 Å². The van der Waals surface area contributed by atoms with Gasteiger partial charge in [0.15, 0.2) is 0 Å². The molecule has 178 valence electrons. The van der Waals surface area contributed by atoms with Gasteiger partial charge in [-0.2, -0.15) is 4.31 Å². The molecule has 1 aromatic heterocycles. The van der Waals surface area contributed by atoms with E-state index >= 15 is 0 Å². The van der Waals surface area contributed by atoms with Crippen LogP contribution < -0.4 is 10.0 Å². The number of carbonyl (C=O) groups is 1. The molecule has 1 saturated heterocycles. The predicted octanol–water partition coefficient (Wildman–Crippen LogP) is 2.46. The van der Waals surface area contributed by atoms with E-state index in [0.29, 0.717) is 18.5 Å². The Hall–Kier alpha value is -3.35. The lowest BCUT2D eigenvalue weighted by Crippen LogP contribution is -2.49. The van der Waals surface area contributed by atoms with E-state index in [4.69, 9.17) is 0 Å². The van der Waals surface area contributed by atoms with Gasteiger partial charge < -0.3 is 5.32 Å². The zero-order chi connectivity index (χ0) is 24.2. The molecule has 0 saturated carbocycles. The molecule has 0 spiro atoms. The fourth-order valence-corrected chi connectivity index (χ4v) is 6.29. The highest BCUT2D eigenvalue weighted by Crippen LogP contribution is 2.26. The summed E-state index contributed by atoms with van der Waals surface area (Å²) in [6.07, 6.45) is 4.61. The van der Waals surface area contributed by atoms with Crippen LogP contribution in [0.15, 0.2) is 82.8 Å². The van der Waals surface area contributed by atoms with Crippen molar-refractivity contribution in [1.29, 1.82) is 0 Å². The van der Waals surface area contributed by atoms with Crippen molar-refractivity contribution in [1.82, 2.24) is 14.3 Å². The second-order valence-electron chi connectivity index (χ2n) is 7.63. The van der Waals surface area contributed by atoms with E-state index in [0.717, 1.165) is 6.42 Å². The quantitative estimate of drug-likeness (QED) is 0.507. The molecule has 1 unspecified atom stereocenters. The van der Waals surface area contributed by atoms with Crippen molar-refractivity contribution in [3.8, 4) is 0 Å². The molecule has 12 heteroatoms. The van der Waals surface area contributed by atoms with Crippen LogP contribution in [0, 0.1) is 0 Å². The maximum Gasteiger partial charge on any atom is 0.264 e.